The zero-order valence-corrected chi connectivity index (χ0v) is 14.5. The Bertz CT molecular complexity index is 637. The Hall–Kier alpha value is -1.40. The van der Waals surface area contributed by atoms with Gasteiger partial charge in [0.1, 0.15) is 5.78 Å². The van der Waals surface area contributed by atoms with Crippen molar-refractivity contribution in [3.63, 3.8) is 0 Å². The van der Waals surface area contributed by atoms with Crippen molar-refractivity contribution in [1.82, 2.24) is 0 Å². The van der Waals surface area contributed by atoms with E-state index in [1.807, 2.05) is 0 Å². The van der Waals surface area contributed by atoms with Crippen LogP contribution in [0.3, 0.4) is 0 Å². The molecule has 3 nitrogen and oxygen atoms in total. The molecule has 0 spiro atoms. The first-order valence-electron chi connectivity index (χ1n) is 8.84. The third-order valence-electron chi connectivity index (χ3n) is 6.65. The van der Waals surface area contributed by atoms with E-state index in [0.717, 1.165) is 37.7 Å². The topological polar surface area (TPSA) is 61.1 Å². The Kier molecular flexibility index (Phi) is 4.01. The van der Waals surface area contributed by atoms with Gasteiger partial charge in [0.25, 0.3) is 0 Å². The second-order valence-electron chi connectivity index (χ2n) is 8.11. The third-order valence-corrected chi connectivity index (χ3v) is 6.65. The lowest BCUT2D eigenvalue weighted by molar-refractivity contribution is -0.131. The fraction of sp³-hybridized carbons (Fsp3) is 0.700. The standard InChI is InChI=1S/C20H27NO2/c1-13(2)15-6-7-20(12-21)9-8-19(3)16(18(15)20)5-4-14(11-22)10-17(19)23/h4,13,16,22H,5-11H2,1-3H3/t16-,19-,20-/m0/s1. The molecular formula is C20H27NO2. The first-order chi connectivity index (χ1) is 10.9. The molecular weight excluding hydrogens is 286 g/mol. The van der Waals surface area contributed by atoms with Crippen molar-refractivity contribution in [2.24, 2.45) is 22.7 Å². The number of ketones is 1. The van der Waals surface area contributed by atoms with E-state index >= 15 is 0 Å². The monoisotopic (exact) mass is 313 g/mol. The summed E-state index contributed by atoms with van der Waals surface area (Å²) >= 11 is 0. The summed E-state index contributed by atoms with van der Waals surface area (Å²) < 4.78 is 0. The van der Waals surface area contributed by atoms with E-state index in [4.69, 9.17) is 0 Å². The number of fused-ring (bicyclic) bond motifs is 3. The Morgan fingerprint density at radius 1 is 1.39 bits per heavy atom. The zero-order chi connectivity index (χ0) is 16.8. The van der Waals surface area contributed by atoms with Crippen molar-refractivity contribution >= 4 is 5.78 Å². The van der Waals surface area contributed by atoms with Gasteiger partial charge in [-0.05, 0) is 55.1 Å². The molecule has 0 aromatic rings. The molecule has 0 amide bonds. The van der Waals surface area contributed by atoms with Crippen LogP contribution in [0, 0.1) is 34.0 Å². The smallest absolute Gasteiger partial charge is 0.143 e. The molecule has 23 heavy (non-hydrogen) atoms. The normalized spacial score (nSPS) is 37.1. The van der Waals surface area contributed by atoms with Gasteiger partial charge in [-0.1, -0.05) is 32.4 Å². The molecule has 0 heterocycles. The Morgan fingerprint density at radius 2 is 2.13 bits per heavy atom. The van der Waals surface area contributed by atoms with Gasteiger partial charge in [-0.15, -0.1) is 0 Å². The number of rotatable bonds is 2. The molecule has 0 aromatic heterocycles. The lowest BCUT2D eigenvalue weighted by atomic mass is 9.54. The summed E-state index contributed by atoms with van der Waals surface area (Å²) in [6.07, 6.45) is 6.74. The molecule has 0 saturated heterocycles. The van der Waals surface area contributed by atoms with Crippen molar-refractivity contribution in [2.45, 2.75) is 59.3 Å². The molecule has 3 rings (SSSR count). The second kappa shape index (κ2) is 5.60. The van der Waals surface area contributed by atoms with Crippen molar-refractivity contribution in [3.05, 3.63) is 22.8 Å². The van der Waals surface area contributed by atoms with Crippen LogP contribution in [0.2, 0.25) is 0 Å². The lowest BCUT2D eigenvalue weighted by Gasteiger charge is -2.47. The van der Waals surface area contributed by atoms with Crippen molar-refractivity contribution < 1.29 is 9.90 Å². The van der Waals surface area contributed by atoms with Crippen molar-refractivity contribution in [2.75, 3.05) is 6.61 Å². The van der Waals surface area contributed by atoms with E-state index in [2.05, 4.69) is 32.9 Å². The molecule has 0 aliphatic heterocycles. The summed E-state index contributed by atoms with van der Waals surface area (Å²) in [4.78, 5) is 12.9. The van der Waals surface area contributed by atoms with Crippen LogP contribution >= 0.6 is 0 Å². The van der Waals surface area contributed by atoms with Gasteiger partial charge >= 0.3 is 0 Å². The van der Waals surface area contributed by atoms with E-state index in [1.165, 1.54) is 11.1 Å². The summed E-state index contributed by atoms with van der Waals surface area (Å²) in [6, 6.07) is 2.64. The van der Waals surface area contributed by atoms with Gasteiger partial charge in [-0.2, -0.15) is 5.26 Å². The van der Waals surface area contributed by atoms with Gasteiger partial charge in [0, 0.05) is 11.8 Å². The molecule has 0 unspecified atom stereocenters. The zero-order valence-electron chi connectivity index (χ0n) is 14.5. The van der Waals surface area contributed by atoms with Gasteiger partial charge in [-0.3, -0.25) is 4.79 Å². The highest BCUT2D eigenvalue weighted by atomic mass is 16.3. The minimum absolute atomic E-state index is 0.0337. The van der Waals surface area contributed by atoms with Gasteiger partial charge in [-0.25, -0.2) is 0 Å². The minimum Gasteiger partial charge on any atom is -0.392 e. The molecule has 0 radical (unpaired) electrons. The molecule has 3 heteroatoms. The van der Waals surface area contributed by atoms with Gasteiger partial charge < -0.3 is 5.11 Å². The summed E-state index contributed by atoms with van der Waals surface area (Å²) in [7, 11) is 0. The fourth-order valence-electron chi connectivity index (χ4n) is 5.08. The highest BCUT2D eigenvalue weighted by molar-refractivity contribution is 5.88. The summed E-state index contributed by atoms with van der Waals surface area (Å²) in [5.41, 5.74) is 2.82. The maximum atomic E-state index is 12.9. The van der Waals surface area contributed by atoms with E-state index in [1.54, 1.807) is 0 Å². The number of carbonyl (C=O) groups excluding carboxylic acids is 1. The van der Waals surface area contributed by atoms with E-state index in [-0.39, 0.29) is 29.1 Å². The first kappa shape index (κ1) is 16.5. The number of aliphatic hydroxyl groups is 1. The fourth-order valence-corrected chi connectivity index (χ4v) is 5.08. The highest BCUT2D eigenvalue weighted by Crippen LogP contribution is 2.62. The van der Waals surface area contributed by atoms with Crippen LogP contribution in [0.15, 0.2) is 22.8 Å². The Labute approximate surface area is 139 Å². The van der Waals surface area contributed by atoms with Crippen LogP contribution in [0.4, 0.5) is 0 Å². The number of carbonyl (C=O) groups is 1. The number of hydrogen-bond donors (Lipinski definition) is 1. The molecule has 1 N–H and O–H groups in total. The second-order valence-corrected chi connectivity index (χ2v) is 8.11. The largest absolute Gasteiger partial charge is 0.392 e. The number of hydrogen-bond acceptors (Lipinski definition) is 3. The lowest BCUT2D eigenvalue weighted by Crippen LogP contribution is -2.45. The molecule has 0 aromatic carbocycles. The Balaban J connectivity index is 2.15. The van der Waals surface area contributed by atoms with Gasteiger partial charge in [0.05, 0.1) is 18.1 Å². The van der Waals surface area contributed by atoms with E-state index in [9.17, 15) is 15.2 Å². The van der Waals surface area contributed by atoms with Gasteiger partial charge in [0.2, 0.25) is 0 Å². The van der Waals surface area contributed by atoms with Crippen LogP contribution in [-0.4, -0.2) is 17.5 Å². The van der Waals surface area contributed by atoms with Crippen LogP contribution in [-0.2, 0) is 4.79 Å². The number of allylic oxidation sites excluding steroid dienone is 3. The number of nitrogens with zero attached hydrogens (tertiary/aromatic N) is 1. The predicted molar refractivity (Wildman–Crippen MR) is 89.4 cm³/mol. The van der Waals surface area contributed by atoms with Gasteiger partial charge in [0.15, 0.2) is 0 Å². The van der Waals surface area contributed by atoms with Crippen LogP contribution in [0.25, 0.3) is 0 Å². The van der Waals surface area contributed by atoms with Crippen LogP contribution in [0.5, 0.6) is 0 Å². The Morgan fingerprint density at radius 3 is 2.74 bits per heavy atom. The van der Waals surface area contributed by atoms with E-state index < -0.39 is 0 Å². The molecule has 124 valence electrons. The maximum Gasteiger partial charge on any atom is 0.143 e. The third kappa shape index (κ3) is 2.31. The summed E-state index contributed by atoms with van der Waals surface area (Å²) in [6.45, 7) is 6.47. The van der Waals surface area contributed by atoms with Crippen molar-refractivity contribution in [1.29, 1.82) is 5.26 Å². The number of nitriles is 1. The average Bonchev–Trinajstić information content (AvgIpc) is 2.87. The SMILES string of the molecule is CC(C)C1=C2[C@@H]3CC=C(CO)CC(=O)[C@@]3(C)CC[C@]2(C#N)CC1. The van der Waals surface area contributed by atoms with Crippen molar-refractivity contribution in [3.8, 4) is 6.07 Å². The number of Topliss-reactive ketones (excluding diaryl/α,β-unsaturated/α-hetero) is 1. The molecule has 1 saturated carbocycles. The van der Waals surface area contributed by atoms with Crippen LogP contribution < -0.4 is 0 Å². The summed E-state index contributed by atoms with van der Waals surface area (Å²) in [5.74, 6) is 0.809. The first-order valence-corrected chi connectivity index (χ1v) is 8.84. The quantitative estimate of drug-likeness (QED) is 0.785. The molecule has 3 aliphatic rings. The number of aliphatic hydroxyl groups excluding tert-OH is 1. The maximum absolute atomic E-state index is 12.9. The van der Waals surface area contributed by atoms with E-state index in [0.29, 0.717) is 12.3 Å². The molecule has 3 atom stereocenters. The molecule has 3 aliphatic carbocycles. The van der Waals surface area contributed by atoms with Crippen LogP contribution in [0.1, 0.15) is 59.3 Å². The minimum atomic E-state index is -0.381. The molecule has 0 bridgehead atoms. The highest BCUT2D eigenvalue weighted by Gasteiger charge is 2.56. The predicted octanol–water partition coefficient (Wildman–Crippen LogP) is 3.94. The summed E-state index contributed by atoms with van der Waals surface area (Å²) in [5, 5.41) is 19.4. The average molecular weight is 313 g/mol. The molecule has 1 fully saturated rings.